The highest BCUT2D eigenvalue weighted by atomic mass is 16.3. The number of nitrogens with zero attached hydrogens (tertiary/aromatic N) is 2. The second-order valence-corrected chi connectivity index (χ2v) is 4.12. The van der Waals surface area contributed by atoms with Gasteiger partial charge in [-0.25, -0.2) is 9.97 Å². The quantitative estimate of drug-likeness (QED) is 0.696. The Morgan fingerprint density at radius 2 is 2.12 bits per heavy atom. The molecule has 1 rings (SSSR count). The summed E-state index contributed by atoms with van der Waals surface area (Å²) in [6.07, 6.45) is 2.21. The van der Waals surface area contributed by atoms with Crippen molar-refractivity contribution in [2.75, 3.05) is 17.7 Å². The lowest BCUT2D eigenvalue weighted by molar-refractivity contribution is 0.249. The van der Waals surface area contributed by atoms with E-state index in [1.54, 1.807) is 0 Å². The zero-order valence-corrected chi connectivity index (χ0v) is 10.1. The SMILES string of the molecule is CCc1c(N)ncnc1N[C@H](CO)C(C)C. The number of hydrogen-bond acceptors (Lipinski definition) is 5. The molecule has 16 heavy (non-hydrogen) atoms. The molecule has 90 valence electrons. The minimum absolute atomic E-state index is 0.0143. The van der Waals surface area contributed by atoms with Crippen LogP contribution in [-0.2, 0) is 6.42 Å². The average Bonchev–Trinajstić information content (AvgIpc) is 2.25. The van der Waals surface area contributed by atoms with Gasteiger partial charge in [-0.05, 0) is 12.3 Å². The molecular weight excluding hydrogens is 204 g/mol. The van der Waals surface area contributed by atoms with Gasteiger partial charge in [0, 0.05) is 5.56 Å². The normalized spacial score (nSPS) is 12.8. The number of aliphatic hydroxyl groups is 1. The first-order valence-corrected chi connectivity index (χ1v) is 5.56. The van der Waals surface area contributed by atoms with Gasteiger partial charge in [-0.2, -0.15) is 0 Å². The van der Waals surface area contributed by atoms with Crippen LogP contribution in [0.25, 0.3) is 0 Å². The van der Waals surface area contributed by atoms with E-state index >= 15 is 0 Å². The summed E-state index contributed by atoms with van der Waals surface area (Å²) >= 11 is 0. The highest BCUT2D eigenvalue weighted by Crippen LogP contribution is 2.19. The molecule has 0 aromatic carbocycles. The highest BCUT2D eigenvalue weighted by molar-refractivity contribution is 5.55. The summed E-state index contributed by atoms with van der Waals surface area (Å²) in [5.74, 6) is 1.55. The fourth-order valence-corrected chi connectivity index (χ4v) is 1.50. The number of aromatic nitrogens is 2. The fraction of sp³-hybridized carbons (Fsp3) is 0.636. The van der Waals surface area contributed by atoms with E-state index in [2.05, 4.69) is 15.3 Å². The van der Waals surface area contributed by atoms with Crippen molar-refractivity contribution in [3.8, 4) is 0 Å². The molecule has 5 nitrogen and oxygen atoms in total. The first kappa shape index (κ1) is 12.7. The molecule has 1 aromatic heterocycles. The monoisotopic (exact) mass is 224 g/mol. The van der Waals surface area contributed by atoms with E-state index in [0.29, 0.717) is 11.7 Å². The Morgan fingerprint density at radius 3 is 2.62 bits per heavy atom. The van der Waals surface area contributed by atoms with Gasteiger partial charge < -0.3 is 16.2 Å². The molecule has 0 spiro atoms. The maximum atomic E-state index is 9.25. The molecule has 0 aliphatic carbocycles. The Morgan fingerprint density at radius 1 is 1.44 bits per heavy atom. The van der Waals surface area contributed by atoms with Crippen LogP contribution < -0.4 is 11.1 Å². The predicted octanol–water partition coefficient (Wildman–Crippen LogP) is 1.05. The second-order valence-electron chi connectivity index (χ2n) is 4.12. The number of aliphatic hydroxyl groups excluding tert-OH is 1. The zero-order valence-electron chi connectivity index (χ0n) is 10.1. The molecule has 0 amide bonds. The number of nitrogens with two attached hydrogens (primary N) is 1. The molecule has 1 atom stereocenters. The van der Waals surface area contributed by atoms with Gasteiger partial charge >= 0.3 is 0 Å². The molecule has 0 saturated carbocycles. The molecule has 0 saturated heterocycles. The number of nitrogen functional groups attached to an aromatic ring is 1. The van der Waals surface area contributed by atoms with Crippen molar-refractivity contribution >= 4 is 11.6 Å². The predicted molar refractivity (Wildman–Crippen MR) is 65.2 cm³/mol. The molecule has 0 fully saturated rings. The van der Waals surface area contributed by atoms with Gasteiger partial charge in [0.2, 0.25) is 0 Å². The van der Waals surface area contributed by atoms with Crippen LogP contribution >= 0.6 is 0 Å². The second kappa shape index (κ2) is 5.65. The van der Waals surface area contributed by atoms with Crippen molar-refractivity contribution in [3.63, 3.8) is 0 Å². The first-order valence-electron chi connectivity index (χ1n) is 5.56. The largest absolute Gasteiger partial charge is 0.394 e. The molecule has 1 aromatic rings. The summed E-state index contributed by atoms with van der Waals surface area (Å²) in [6.45, 7) is 6.17. The summed E-state index contributed by atoms with van der Waals surface area (Å²) in [7, 11) is 0. The minimum atomic E-state index is -0.0143. The Balaban J connectivity index is 2.91. The van der Waals surface area contributed by atoms with Crippen LogP contribution in [0.5, 0.6) is 0 Å². The number of rotatable bonds is 5. The Bertz CT molecular complexity index is 341. The molecule has 0 unspecified atom stereocenters. The van der Waals surface area contributed by atoms with E-state index in [1.165, 1.54) is 6.33 Å². The molecule has 5 heteroatoms. The summed E-state index contributed by atoms with van der Waals surface area (Å²) in [6, 6.07) is -0.0143. The molecule has 0 bridgehead atoms. The molecule has 0 aliphatic heterocycles. The molecule has 0 radical (unpaired) electrons. The first-order chi connectivity index (χ1) is 7.60. The van der Waals surface area contributed by atoms with E-state index in [9.17, 15) is 5.11 Å². The van der Waals surface area contributed by atoms with Gasteiger partial charge in [-0.15, -0.1) is 0 Å². The van der Waals surface area contributed by atoms with Gasteiger partial charge in [0.1, 0.15) is 18.0 Å². The van der Waals surface area contributed by atoms with Gasteiger partial charge in [0.05, 0.1) is 12.6 Å². The number of nitrogens with one attached hydrogen (secondary N) is 1. The maximum Gasteiger partial charge on any atom is 0.135 e. The number of anilines is 2. The van der Waals surface area contributed by atoms with Crippen LogP contribution in [0.15, 0.2) is 6.33 Å². The topological polar surface area (TPSA) is 84.1 Å². The molecular formula is C11H20N4O. The van der Waals surface area contributed by atoms with Crippen molar-refractivity contribution in [2.24, 2.45) is 5.92 Å². The maximum absolute atomic E-state index is 9.25. The van der Waals surface area contributed by atoms with Crippen LogP contribution in [0.1, 0.15) is 26.3 Å². The molecule has 0 aliphatic rings. The van der Waals surface area contributed by atoms with Crippen LogP contribution in [-0.4, -0.2) is 27.7 Å². The van der Waals surface area contributed by atoms with Gasteiger partial charge in [-0.1, -0.05) is 20.8 Å². The van der Waals surface area contributed by atoms with E-state index in [-0.39, 0.29) is 12.6 Å². The lowest BCUT2D eigenvalue weighted by Crippen LogP contribution is -2.30. The molecule has 1 heterocycles. The van der Waals surface area contributed by atoms with Crippen molar-refractivity contribution in [1.29, 1.82) is 0 Å². The summed E-state index contributed by atoms with van der Waals surface area (Å²) in [5, 5.41) is 12.5. The van der Waals surface area contributed by atoms with Crippen molar-refractivity contribution in [3.05, 3.63) is 11.9 Å². The van der Waals surface area contributed by atoms with Gasteiger partial charge in [-0.3, -0.25) is 0 Å². The summed E-state index contributed by atoms with van der Waals surface area (Å²) in [5.41, 5.74) is 6.68. The van der Waals surface area contributed by atoms with Gasteiger partial charge in [0.25, 0.3) is 0 Å². The fourth-order valence-electron chi connectivity index (χ4n) is 1.50. The Labute approximate surface area is 96.1 Å². The number of hydrogen-bond donors (Lipinski definition) is 3. The average molecular weight is 224 g/mol. The van der Waals surface area contributed by atoms with Crippen LogP contribution in [0, 0.1) is 5.92 Å². The third-order valence-corrected chi connectivity index (χ3v) is 2.66. The van der Waals surface area contributed by atoms with E-state index < -0.39 is 0 Å². The van der Waals surface area contributed by atoms with Crippen LogP contribution in [0.3, 0.4) is 0 Å². The molecule has 4 N–H and O–H groups in total. The van der Waals surface area contributed by atoms with E-state index in [4.69, 9.17) is 5.73 Å². The lowest BCUT2D eigenvalue weighted by Gasteiger charge is -2.22. The highest BCUT2D eigenvalue weighted by Gasteiger charge is 2.15. The smallest absolute Gasteiger partial charge is 0.135 e. The van der Waals surface area contributed by atoms with Crippen LogP contribution in [0.4, 0.5) is 11.6 Å². The van der Waals surface area contributed by atoms with Crippen molar-refractivity contribution < 1.29 is 5.11 Å². The van der Waals surface area contributed by atoms with Crippen LogP contribution in [0.2, 0.25) is 0 Å². The van der Waals surface area contributed by atoms with Crippen molar-refractivity contribution in [2.45, 2.75) is 33.2 Å². The third kappa shape index (κ3) is 2.82. The Hall–Kier alpha value is -1.36. The minimum Gasteiger partial charge on any atom is -0.394 e. The lowest BCUT2D eigenvalue weighted by atomic mass is 10.1. The summed E-state index contributed by atoms with van der Waals surface area (Å²) < 4.78 is 0. The standard InChI is InChI=1S/C11H20N4O/c1-4-8-10(12)13-6-14-11(8)15-9(5-16)7(2)3/h6-7,9,16H,4-5H2,1-3H3,(H3,12,13,14,15)/t9-/m1/s1. The summed E-state index contributed by atoms with van der Waals surface area (Å²) in [4.78, 5) is 8.12. The zero-order chi connectivity index (χ0) is 12.1. The van der Waals surface area contributed by atoms with E-state index in [1.807, 2.05) is 20.8 Å². The Kier molecular flexibility index (Phi) is 4.49. The van der Waals surface area contributed by atoms with Gasteiger partial charge in [0.15, 0.2) is 0 Å². The third-order valence-electron chi connectivity index (χ3n) is 2.66. The van der Waals surface area contributed by atoms with Crippen molar-refractivity contribution in [1.82, 2.24) is 9.97 Å². The van der Waals surface area contributed by atoms with E-state index in [0.717, 1.165) is 17.8 Å².